The molecule has 2 aromatic carbocycles. The summed E-state index contributed by atoms with van der Waals surface area (Å²) < 4.78 is 30.2. The van der Waals surface area contributed by atoms with Gasteiger partial charge in [-0.15, -0.1) is 0 Å². The Morgan fingerprint density at radius 2 is 1.86 bits per heavy atom. The summed E-state index contributed by atoms with van der Waals surface area (Å²) in [5.74, 6) is 0.692. The number of halogens is 1. The lowest BCUT2D eigenvalue weighted by Crippen LogP contribution is -2.28. The average Bonchev–Trinajstić information content (AvgIpc) is 2.99. The fraction of sp³-hybridized carbons (Fsp3) is 0.350. The first-order valence-electron chi connectivity index (χ1n) is 9.13. The maximum Gasteiger partial charge on any atom is 0.241 e. The molecule has 1 heterocycles. The van der Waals surface area contributed by atoms with Crippen molar-refractivity contribution in [3.05, 3.63) is 58.9 Å². The molecule has 0 aliphatic rings. The van der Waals surface area contributed by atoms with E-state index in [2.05, 4.69) is 26.3 Å². The summed E-state index contributed by atoms with van der Waals surface area (Å²) in [6, 6.07) is 11.8. The second-order valence-corrected chi connectivity index (χ2v) is 9.22. The van der Waals surface area contributed by atoms with E-state index in [0.717, 1.165) is 17.6 Å². The van der Waals surface area contributed by atoms with Crippen LogP contribution in [0.15, 0.2) is 47.4 Å². The Labute approximate surface area is 171 Å². The lowest BCUT2D eigenvalue weighted by atomic mass is 10.2. The highest BCUT2D eigenvalue weighted by Gasteiger charge is 2.22. The van der Waals surface area contributed by atoms with Gasteiger partial charge in [0.15, 0.2) is 0 Å². The van der Waals surface area contributed by atoms with Gasteiger partial charge in [0.05, 0.1) is 22.0 Å². The van der Waals surface area contributed by atoms with E-state index >= 15 is 0 Å². The molecular formula is C20H25ClN4O2S. The third-order valence-corrected chi connectivity index (χ3v) is 6.31. The van der Waals surface area contributed by atoms with Crippen molar-refractivity contribution >= 4 is 32.7 Å². The second kappa shape index (κ2) is 8.21. The Balaban J connectivity index is 1.94. The monoisotopic (exact) mass is 420 g/mol. The zero-order valence-corrected chi connectivity index (χ0v) is 18.0. The van der Waals surface area contributed by atoms with Crippen LogP contribution in [0.5, 0.6) is 0 Å². The molecule has 3 aromatic rings. The van der Waals surface area contributed by atoms with Gasteiger partial charge in [-0.05, 0) is 69.9 Å². The number of aryl methyl sites for hydroxylation is 1. The van der Waals surface area contributed by atoms with Crippen LogP contribution < -0.4 is 4.72 Å². The molecule has 0 spiro atoms. The largest absolute Gasteiger partial charge is 0.327 e. The second-order valence-electron chi connectivity index (χ2n) is 7.07. The molecule has 1 N–H and O–H groups in total. The lowest BCUT2D eigenvalue weighted by Gasteiger charge is -2.16. The molecule has 0 saturated carbocycles. The van der Waals surface area contributed by atoms with Crippen molar-refractivity contribution in [1.82, 2.24) is 19.2 Å². The van der Waals surface area contributed by atoms with Crippen LogP contribution in [0.25, 0.3) is 11.0 Å². The van der Waals surface area contributed by atoms with Crippen LogP contribution in [-0.4, -0.2) is 37.0 Å². The predicted octanol–water partition coefficient (Wildman–Crippen LogP) is 3.81. The van der Waals surface area contributed by atoms with Crippen molar-refractivity contribution in [3.8, 4) is 0 Å². The number of hydrogen-bond donors (Lipinski definition) is 1. The fourth-order valence-corrected chi connectivity index (χ4v) is 4.61. The lowest BCUT2D eigenvalue weighted by molar-refractivity contribution is 0.402. The van der Waals surface area contributed by atoms with Crippen molar-refractivity contribution < 1.29 is 8.42 Å². The van der Waals surface area contributed by atoms with Gasteiger partial charge in [0.25, 0.3) is 0 Å². The Bertz CT molecular complexity index is 1080. The van der Waals surface area contributed by atoms with E-state index < -0.39 is 16.1 Å². The quantitative estimate of drug-likeness (QED) is 0.631. The number of hydrogen-bond acceptors (Lipinski definition) is 4. The molecule has 0 aliphatic carbocycles. The summed E-state index contributed by atoms with van der Waals surface area (Å²) in [5.41, 5.74) is 3.05. The molecule has 0 bridgehead atoms. The molecule has 1 aromatic heterocycles. The van der Waals surface area contributed by atoms with Crippen LogP contribution in [-0.2, 0) is 23.1 Å². The maximum atomic E-state index is 12.7. The molecule has 6 nitrogen and oxygen atoms in total. The highest BCUT2D eigenvalue weighted by atomic mass is 35.5. The molecule has 8 heteroatoms. The first-order chi connectivity index (χ1) is 13.2. The van der Waals surface area contributed by atoms with Gasteiger partial charge in [0.1, 0.15) is 5.82 Å². The molecule has 0 saturated heterocycles. The van der Waals surface area contributed by atoms with Gasteiger partial charge in [-0.25, -0.2) is 18.1 Å². The maximum absolute atomic E-state index is 12.7. The highest BCUT2D eigenvalue weighted by molar-refractivity contribution is 7.89. The predicted molar refractivity (Wildman–Crippen MR) is 113 cm³/mol. The number of sulfonamides is 1. The first kappa shape index (κ1) is 20.8. The minimum Gasteiger partial charge on any atom is -0.327 e. The van der Waals surface area contributed by atoms with E-state index in [1.165, 1.54) is 17.7 Å². The van der Waals surface area contributed by atoms with Crippen LogP contribution in [0, 0.1) is 0 Å². The number of nitrogens with zero attached hydrogens (tertiary/aromatic N) is 3. The van der Waals surface area contributed by atoms with Crippen LogP contribution in [0.4, 0.5) is 0 Å². The molecular weight excluding hydrogens is 396 g/mol. The molecule has 0 fully saturated rings. The van der Waals surface area contributed by atoms with E-state index in [0.29, 0.717) is 17.4 Å². The third kappa shape index (κ3) is 4.38. The van der Waals surface area contributed by atoms with Crippen molar-refractivity contribution in [2.45, 2.75) is 37.9 Å². The van der Waals surface area contributed by atoms with Crippen LogP contribution >= 0.6 is 11.6 Å². The summed E-state index contributed by atoms with van der Waals surface area (Å²) in [6.07, 6.45) is 0. The topological polar surface area (TPSA) is 67.2 Å². The molecule has 0 aliphatic heterocycles. The minimum atomic E-state index is -3.68. The van der Waals surface area contributed by atoms with E-state index in [-0.39, 0.29) is 4.90 Å². The average molecular weight is 421 g/mol. The van der Waals surface area contributed by atoms with Gasteiger partial charge in [-0.2, -0.15) is 0 Å². The number of aromatic nitrogens is 2. The zero-order chi connectivity index (χ0) is 20.5. The summed E-state index contributed by atoms with van der Waals surface area (Å²) in [5, 5.41) is 0.494. The molecule has 3 rings (SSSR count). The van der Waals surface area contributed by atoms with Crippen molar-refractivity contribution in [3.63, 3.8) is 0 Å². The Kier molecular flexibility index (Phi) is 6.09. The van der Waals surface area contributed by atoms with Gasteiger partial charge in [0, 0.05) is 18.1 Å². The van der Waals surface area contributed by atoms with Gasteiger partial charge in [0.2, 0.25) is 10.0 Å². The Morgan fingerprint density at radius 3 is 2.46 bits per heavy atom. The summed E-state index contributed by atoms with van der Waals surface area (Å²) in [4.78, 5) is 6.98. The van der Waals surface area contributed by atoms with Crippen molar-refractivity contribution in [1.29, 1.82) is 0 Å². The molecule has 150 valence electrons. The molecule has 1 unspecified atom stereocenters. The van der Waals surface area contributed by atoms with E-state index in [9.17, 15) is 8.42 Å². The number of imidazole rings is 1. The van der Waals surface area contributed by atoms with E-state index in [1.807, 2.05) is 34.0 Å². The zero-order valence-electron chi connectivity index (χ0n) is 16.5. The van der Waals surface area contributed by atoms with Gasteiger partial charge in [-0.3, -0.25) is 0 Å². The number of fused-ring (bicyclic) bond motifs is 1. The van der Waals surface area contributed by atoms with Crippen LogP contribution in [0.3, 0.4) is 0 Å². The normalized spacial score (nSPS) is 13.4. The van der Waals surface area contributed by atoms with Gasteiger partial charge >= 0.3 is 0 Å². The summed E-state index contributed by atoms with van der Waals surface area (Å²) in [7, 11) is 0.377. The minimum absolute atomic E-state index is 0.177. The molecule has 1 atom stereocenters. The van der Waals surface area contributed by atoms with Crippen molar-refractivity contribution in [2.24, 2.45) is 0 Å². The Hall–Kier alpha value is -1.93. The smallest absolute Gasteiger partial charge is 0.241 e. The number of nitrogens with one attached hydrogen (secondary N) is 1. The van der Waals surface area contributed by atoms with Crippen molar-refractivity contribution in [2.75, 3.05) is 14.1 Å². The molecule has 0 radical (unpaired) electrons. The summed E-state index contributed by atoms with van der Waals surface area (Å²) in [6.45, 7) is 5.37. The molecule has 0 amide bonds. The fourth-order valence-electron chi connectivity index (χ4n) is 3.28. The third-order valence-electron chi connectivity index (χ3n) is 4.50. The highest BCUT2D eigenvalue weighted by Crippen LogP contribution is 2.24. The van der Waals surface area contributed by atoms with Crippen LogP contribution in [0.2, 0.25) is 5.02 Å². The van der Waals surface area contributed by atoms with Gasteiger partial charge < -0.3 is 9.47 Å². The standard InChI is InChI=1S/C20H25ClN4O2S/c1-5-25-19-12-15(13-24(3)4)6-11-18(19)22-20(25)14(2)23-28(26,27)17-9-7-16(21)8-10-17/h6-12,14,23H,5,13H2,1-4H3. The number of rotatable bonds is 7. The molecule has 28 heavy (non-hydrogen) atoms. The van der Waals surface area contributed by atoms with E-state index in [4.69, 9.17) is 16.6 Å². The van der Waals surface area contributed by atoms with Gasteiger partial charge in [-0.1, -0.05) is 17.7 Å². The SMILES string of the molecule is CCn1c(C(C)NS(=O)(=O)c2ccc(Cl)cc2)nc2ccc(CN(C)C)cc21. The summed E-state index contributed by atoms with van der Waals surface area (Å²) >= 11 is 5.86. The van der Waals surface area contributed by atoms with Crippen LogP contribution in [0.1, 0.15) is 31.3 Å². The first-order valence-corrected chi connectivity index (χ1v) is 11.0. The Morgan fingerprint density at radius 1 is 1.18 bits per heavy atom. The number of benzene rings is 2. The van der Waals surface area contributed by atoms with E-state index in [1.54, 1.807) is 12.1 Å².